The molecule has 0 N–H and O–H groups in total. The Hall–Kier alpha value is -2.24. The SMILES string of the molecule is Cc1ccc(OCCCCn2c(=O)oc(=O)c3cc(Cl)cc(Cl)c32)cc1. The van der Waals surface area contributed by atoms with Gasteiger partial charge in [-0.1, -0.05) is 40.9 Å². The van der Waals surface area contributed by atoms with Crippen LogP contribution in [0.25, 0.3) is 10.9 Å². The van der Waals surface area contributed by atoms with E-state index in [0.29, 0.717) is 30.1 Å². The molecule has 0 atom stereocenters. The van der Waals surface area contributed by atoms with E-state index in [0.717, 1.165) is 12.2 Å². The summed E-state index contributed by atoms with van der Waals surface area (Å²) in [6.45, 7) is 2.90. The molecule has 3 rings (SSSR count). The molecule has 0 saturated heterocycles. The van der Waals surface area contributed by atoms with E-state index in [-0.39, 0.29) is 10.4 Å². The van der Waals surface area contributed by atoms with Crippen molar-refractivity contribution in [3.05, 3.63) is 73.0 Å². The van der Waals surface area contributed by atoms with Crippen molar-refractivity contribution in [3.63, 3.8) is 0 Å². The zero-order chi connectivity index (χ0) is 18.7. The van der Waals surface area contributed by atoms with E-state index >= 15 is 0 Å². The van der Waals surface area contributed by atoms with Gasteiger partial charge in [0.05, 0.1) is 22.5 Å². The second-order valence-electron chi connectivity index (χ2n) is 5.96. The van der Waals surface area contributed by atoms with Gasteiger partial charge in [0.15, 0.2) is 0 Å². The number of rotatable bonds is 6. The lowest BCUT2D eigenvalue weighted by molar-refractivity contribution is 0.301. The normalized spacial score (nSPS) is 11.0. The van der Waals surface area contributed by atoms with Gasteiger partial charge in [0, 0.05) is 11.6 Å². The predicted molar refractivity (Wildman–Crippen MR) is 103 cm³/mol. The first-order valence-corrected chi connectivity index (χ1v) is 8.93. The molecule has 2 aromatic carbocycles. The number of hydrogen-bond acceptors (Lipinski definition) is 4. The molecule has 5 nitrogen and oxygen atoms in total. The Morgan fingerprint density at radius 3 is 2.54 bits per heavy atom. The van der Waals surface area contributed by atoms with Crippen molar-refractivity contribution >= 4 is 34.1 Å². The molecule has 26 heavy (non-hydrogen) atoms. The van der Waals surface area contributed by atoms with Crippen LogP contribution in [0.15, 0.2) is 50.4 Å². The summed E-state index contributed by atoms with van der Waals surface area (Å²) in [5.41, 5.74) is 0.774. The highest BCUT2D eigenvalue weighted by Gasteiger charge is 2.13. The topological polar surface area (TPSA) is 61.4 Å². The number of unbranched alkanes of at least 4 members (excludes halogenated alkanes) is 1. The Labute approximate surface area is 159 Å². The summed E-state index contributed by atoms with van der Waals surface area (Å²) in [4.78, 5) is 24.0. The molecule has 0 aliphatic carbocycles. The minimum atomic E-state index is -0.742. The van der Waals surface area contributed by atoms with Crippen molar-refractivity contribution in [2.24, 2.45) is 0 Å². The van der Waals surface area contributed by atoms with Crippen molar-refractivity contribution in [2.75, 3.05) is 6.61 Å². The molecule has 7 heteroatoms. The van der Waals surface area contributed by atoms with E-state index in [1.54, 1.807) is 0 Å². The zero-order valence-electron chi connectivity index (χ0n) is 14.1. The minimum Gasteiger partial charge on any atom is -0.494 e. The van der Waals surface area contributed by atoms with Crippen molar-refractivity contribution < 1.29 is 9.15 Å². The second kappa shape index (κ2) is 7.98. The Balaban J connectivity index is 1.70. The second-order valence-corrected chi connectivity index (χ2v) is 6.80. The van der Waals surface area contributed by atoms with Gasteiger partial charge in [-0.05, 0) is 44.0 Å². The third-order valence-electron chi connectivity index (χ3n) is 3.98. The fourth-order valence-corrected chi connectivity index (χ4v) is 3.27. The maximum Gasteiger partial charge on any atom is 0.422 e. The molecular formula is C19H17Cl2NO4. The van der Waals surface area contributed by atoms with Gasteiger partial charge in [-0.2, -0.15) is 0 Å². The lowest BCUT2D eigenvalue weighted by Gasteiger charge is -2.11. The molecule has 3 aromatic rings. The maximum absolute atomic E-state index is 12.1. The number of fused-ring (bicyclic) bond motifs is 1. The van der Waals surface area contributed by atoms with Crippen LogP contribution in [0, 0.1) is 6.92 Å². The summed E-state index contributed by atoms with van der Waals surface area (Å²) >= 11 is 12.1. The van der Waals surface area contributed by atoms with Crippen molar-refractivity contribution in [1.82, 2.24) is 4.57 Å². The van der Waals surface area contributed by atoms with E-state index in [9.17, 15) is 9.59 Å². The van der Waals surface area contributed by atoms with Crippen molar-refractivity contribution in [3.8, 4) is 5.75 Å². The first-order chi connectivity index (χ1) is 12.5. The van der Waals surface area contributed by atoms with Gasteiger partial charge < -0.3 is 9.15 Å². The summed E-state index contributed by atoms with van der Waals surface area (Å²) < 4.78 is 11.8. The maximum atomic E-state index is 12.1. The number of nitrogens with zero attached hydrogens (tertiary/aromatic N) is 1. The average molecular weight is 394 g/mol. The largest absolute Gasteiger partial charge is 0.494 e. The van der Waals surface area contributed by atoms with Crippen LogP contribution < -0.4 is 16.1 Å². The number of aryl methyl sites for hydroxylation is 2. The molecular weight excluding hydrogens is 377 g/mol. The van der Waals surface area contributed by atoms with Crippen LogP contribution in [0.4, 0.5) is 0 Å². The molecule has 0 aliphatic rings. The summed E-state index contributed by atoms with van der Waals surface area (Å²) in [5.74, 6) is 0.0767. The van der Waals surface area contributed by atoms with E-state index in [4.69, 9.17) is 32.4 Å². The molecule has 1 aromatic heterocycles. The third kappa shape index (κ3) is 4.11. The number of ether oxygens (including phenoxy) is 1. The average Bonchev–Trinajstić information content (AvgIpc) is 2.59. The van der Waals surface area contributed by atoms with E-state index < -0.39 is 11.4 Å². The standard InChI is InChI=1S/C19H17Cl2NO4/c1-12-4-6-14(7-5-12)25-9-3-2-8-22-17-15(18(23)26-19(22)24)10-13(20)11-16(17)21/h4-7,10-11H,2-3,8-9H2,1H3. The molecule has 0 amide bonds. The Kier molecular flexibility index (Phi) is 5.69. The summed E-state index contributed by atoms with van der Waals surface area (Å²) in [6, 6.07) is 10.8. The fraction of sp³-hybridized carbons (Fsp3) is 0.263. The van der Waals surface area contributed by atoms with E-state index in [2.05, 4.69) is 0 Å². The quantitative estimate of drug-likeness (QED) is 0.581. The molecule has 0 spiro atoms. The highest BCUT2D eigenvalue weighted by Crippen LogP contribution is 2.25. The van der Waals surface area contributed by atoms with Crippen LogP contribution in [0.3, 0.4) is 0 Å². The smallest absolute Gasteiger partial charge is 0.422 e. The van der Waals surface area contributed by atoms with Crippen molar-refractivity contribution in [1.29, 1.82) is 0 Å². The monoisotopic (exact) mass is 393 g/mol. The molecule has 0 radical (unpaired) electrons. The first-order valence-electron chi connectivity index (χ1n) is 8.18. The molecule has 0 bridgehead atoms. The van der Waals surface area contributed by atoms with Crippen LogP contribution in [-0.2, 0) is 6.54 Å². The first kappa shape index (κ1) is 18.5. The van der Waals surface area contributed by atoms with E-state index in [1.165, 1.54) is 22.3 Å². The number of aromatic nitrogens is 1. The highest BCUT2D eigenvalue weighted by molar-refractivity contribution is 6.38. The van der Waals surface area contributed by atoms with E-state index in [1.807, 2.05) is 31.2 Å². The summed E-state index contributed by atoms with van der Waals surface area (Å²) in [5, 5.41) is 0.748. The van der Waals surface area contributed by atoms with Gasteiger partial charge in [0.25, 0.3) is 0 Å². The zero-order valence-corrected chi connectivity index (χ0v) is 15.6. The Morgan fingerprint density at radius 1 is 1.08 bits per heavy atom. The molecule has 0 aliphatic heterocycles. The van der Waals surface area contributed by atoms with Gasteiger partial charge >= 0.3 is 11.4 Å². The highest BCUT2D eigenvalue weighted by atomic mass is 35.5. The van der Waals surface area contributed by atoms with Gasteiger partial charge in [-0.15, -0.1) is 0 Å². The van der Waals surface area contributed by atoms with Crippen LogP contribution in [0.1, 0.15) is 18.4 Å². The summed E-state index contributed by atoms with van der Waals surface area (Å²) in [6.07, 6.45) is 1.39. The number of benzene rings is 2. The molecule has 0 saturated carbocycles. The van der Waals surface area contributed by atoms with Crippen molar-refractivity contribution in [2.45, 2.75) is 26.3 Å². The van der Waals surface area contributed by atoms with Gasteiger partial charge in [-0.3, -0.25) is 4.57 Å². The van der Waals surface area contributed by atoms with Crippen LogP contribution >= 0.6 is 23.2 Å². The molecule has 0 fully saturated rings. The van der Waals surface area contributed by atoms with Gasteiger partial charge in [0.2, 0.25) is 0 Å². The van der Waals surface area contributed by atoms with Crippen LogP contribution in [0.5, 0.6) is 5.75 Å². The molecule has 136 valence electrons. The predicted octanol–water partition coefficient (Wildman–Crippen LogP) is 4.43. The minimum absolute atomic E-state index is 0.193. The third-order valence-corrected chi connectivity index (χ3v) is 4.49. The lowest BCUT2D eigenvalue weighted by Crippen LogP contribution is -2.25. The summed E-state index contributed by atoms with van der Waals surface area (Å²) in [7, 11) is 0. The van der Waals surface area contributed by atoms with Crippen LogP contribution in [0.2, 0.25) is 10.0 Å². The Morgan fingerprint density at radius 2 is 1.81 bits per heavy atom. The fourth-order valence-electron chi connectivity index (χ4n) is 2.68. The number of hydrogen-bond donors (Lipinski definition) is 0. The molecule has 1 heterocycles. The number of halogens is 2. The lowest BCUT2D eigenvalue weighted by atomic mass is 10.2. The van der Waals surface area contributed by atoms with Crippen LogP contribution in [-0.4, -0.2) is 11.2 Å². The van der Waals surface area contributed by atoms with Gasteiger partial charge in [-0.25, -0.2) is 9.59 Å². The molecule has 0 unspecified atom stereocenters. The van der Waals surface area contributed by atoms with Gasteiger partial charge in [0.1, 0.15) is 5.75 Å². The Bertz CT molecular complexity index is 1040.